The van der Waals surface area contributed by atoms with Crippen LogP contribution in [-0.2, 0) is 22.6 Å². The van der Waals surface area contributed by atoms with Crippen molar-refractivity contribution in [2.75, 3.05) is 36.5 Å². The summed E-state index contributed by atoms with van der Waals surface area (Å²) in [5, 5.41) is 12.5. The number of benzene rings is 3. The summed E-state index contributed by atoms with van der Waals surface area (Å²) in [6.45, 7) is 4.77. The summed E-state index contributed by atoms with van der Waals surface area (Å²) in [4.78, 5) is 48.0. The number of piperazine rings is 1. The van der Waals surface area contributed by atoms with Gasteiger partial charge in [0.15, 0.2) is 11.6 Å². The van der Waals surface area contributed by atoms with Gasteiger partial charge in [-0.15, -0.1) is 0 Å². The Bertz CT molecular complexity index is 2050. The van der Waals surface area contributed by atoms with E-state index >= 15 is 4.39 Å². The lowest BCUT2D eigenvalue weighted by atomic mass is 9.95. The summed E-state index contributed by atoms with van der Waals surface area (Å²) in [5.41, 5.74) is 2.95. The van der Waals surface area contributed by atoms with Crippen molar-refractivity contribution in [1.29, 1.82) is 5.26 Å². The summed E-state index contributed by atoms with van der Waals surface area (Å²) in [7, 11) is 1.56. The van der Waals surface area contributed by atoms with E-state index in [0.29, 0.717) is 57.8 Å². The smallest absolute Gasteiger partial charge is 0.259 e. The van der Waals surface area contributed by atoms with Gasteiger partial charge in [0.25, 0.3) is 5.91 Å². The molecular formula is C36H32F2N6O4. The Balaban J connectivity index is 1.08. The largest absolute Gasteiger partial charge is 0.493 e. The maximum Gasteiger partial charge on any atom is 0.259 e. The lowest BCUT2D eigenvalue weighted by Crippen LogP contribution is -2.53. The van der Waals surface area contributed by atoms with Gasteiger partial charge >= 0.3 is 0 Å². The number of pyridine rings is 1. The summed E-state index contributed by atoms with van der Waals surface area (Å²) in [6.07, 6.45) is 1.98. The number of amides is 3. The van der Waals surface area contributed by atoms with Crippen LogP contribution in [0, 0.1) is 23.0 Å². The number of carbonyl (C=O) groups is 3. The molecule has 4 heterocycles. The Labute approximate surface area is 275 Å². The minimum Gasteiger partial charge on any atom is -0.493 e. The normalized spacial score (nSPS) is 19.5. The first-order valence-electron chi connectivity index (χ1n) is 15.8. The number of carbonyl (C=O) groups excluding carboxylic acids is 3. The molecule has 0 bridgehead atoms. The molecule has 244 valence electrons. The number of hydrogen-bond donors (Lipinski definition) is 1. The second-order valence-corrected chi connectivity index (χ2v) is 12.5. The standard InChI is InChI=1S/C36H32F2N6O4/c1-20-18-42(9-10-43(20)34-31(48-2)12-22(16-39)17-40-34)19-21-3-4-24(28(38)11-21)13-23-5-6-29-33-26(23)14-25(37)15-27(33)36(47)44(29)30-7-8-32(45)41-35(30)46/h3-6,11-12,14-15,17,20,30H,7-10,13,18-19H2,1-2H3,(H,41,45,46)/t20-,30?/m0/s1. The summed E-state index contributed by atoms with van der Waals surface area (Å²) < 4.78 is 36.0. The number of methoxy groups -OCH3 is 1. The van der Waals surface area contributed by atoms with Crippen LogP contribution in [0.15, 0.2) is 54.7 Å². The molecule has 1 unspecified atom stereocenters. The highest BCUT2D eigenvalue weighted by Crippen LogP contribution is 2.42. The number of rotatable bonds is 7. The van der Waals surface area contributed by atoms with Crippen LogP contribution >= 0.6 is 0 Å². The molecule has 2 atom stereocenters. The minimum absolute atomic E-state index is 0.0965. The van der Waals surface area contributed by atoms with E-state index in [-0.39, 0.29) is 36.7 Å². The number of anilines is 2. The van der Waals surface area contributed by atoms with E-state index in [9.17, 15) is 24.0 Å². The third-order valence-corrected chi connectivity index (χ3v) is 9.45. The summed E-state index contributed by atoms with van der Waals surface area (Å²) in [5.74, 6) is -1.20. The number of nitriles is 1. The predicted molar refractivity (Wildman–Crippen MR) is 174 cm³/mol. The molecule has 3 amide bonds. The zero-order valence-corrected chi connectivity index (χ0v) is 26.4. The third kappa shape index (κ3) is 5.50. The van der Waals surface area contributed by atoms with E-state index in [1.165, 1.54) is 23.2 Å². The molecule has 10 nitrogen and oxygen atoms in total. The molecule has 2 saturated heterocycles. The second kappa shape index (κ2) is 12.3. The van der Waals surface area contributed by atoms with Gasteiger partial charge in [-0.1, -0.05) is 18.2 Å². The zero-order chi connectivity index (χ0) is 33.7. The maximum atomic E-state index is 15.6. The van der Waals surface area contributed by atoms with Crippen LogP contribution in [0.3, 0.4) is 0 Å². The topological polar surface area (TPSA) is 119 Å². The molecule has 0 spiro atoms. The average molecular weight is 651 g/mol. The predicted octanol–water partition coefficient (Wildman–Crippen LogP) is 4.46. The first-order valence-corrected chi connectivity index (χ1v) is 15.8. The lowest BCUT2D eigenvalue weighted by Gasteiger charge is -2.41. The van der Waals surface area contributed by atoms with Crippen molar-refractivity contribution >= 4 is 40.0 Å². The first-order chi connectivity index (χ1) is 23.1. The Kier molecular flexibility index (Phi) is 8.01. The van der Waals surface area contributed by atoms with Gasteiger partial charge < -0.3 is 9.64 Å². The third-order valence-electron chi connectivity index (χ3n) is 9.45. The summed E-state index contributed by atoms with van der Waals surface area (Å²) >= 11 is 0. The molecule has 0 aliphatic carbocycles. The number of aromatic nitrogens is 1. The fraction of sp³-hybridized carbons (Fsp3) is 0.306. The molecule has 3 aliphatic rings. The van der Waals surface area contributed by atoms with Gasteiger partial charge in [-0.2, -0.15) is 5.26 Å². The van der Waals surface area contributed by atoms with Crippen molar-refractivity contribution in [3.8, 4) is 11.8 Å². The quantitative estimate of drug-likeness (QED) is 0.292. The molecule has 7 rings (SSSR count). The number of piperidine rings is 1. The van der Waals surface area contributed by atoms with Crippen LogP contribution in [0.4, 0.5) is 20.3 Å². The molecule has 12 heteroatoms. The van der Waals surface area contributed by atoms with Crippen LogP contribution in [0.1, 0.15) is 52.4 Å². The van der Waals surface area contributed by atoms with Gasteiger partial charge in [-0.05, 0) is 59.7 Å². The van der Waals surface area contributed by atoms with Crippen LogP contribution < -0.4 is 19.9 Å². The van der Waals surface area contributed by atoms with E-state index in [2.05, 4.69) is 33.1 Å². The minimum atomic E-state index is -0.883. The molecule has 1 aromatic heterocycles. The van der Waals surface area contributed by atoms with Crippen LogP contribution in [-0.4, -0.2) is 66.4 Å². The molecule has 2 fully saturated rings. The highest BCUT2D eigenvalue weighted by molar-refractivity contribution is 6.27. The zero-order valence-electron chi connectivity index (χ0n) is 26.4. The van der Waals surface area contributed by atoms with Gasteiger partial charge in [0, 0.05) is 62.7 Å². The van der Waals surface area contributed by atoms with E-state index in [1.54, 1.807) is 31.4 Å². The Morgan fingerprint density at radius 3 is 2.60 bits per heavy atom. The fourth-order valence-corrected chi connectivity index (χ4v) is 7.14. The van der Waals surface area contributed by atoms with Crippen molar-refractivity contribution in [3.05, 3.63) is 94.2 Å². The van der Waals surface area contributed by atoms with Crippen LogP contribution in [0.2, 0.25) is 0 Å². The highest BCUT2D eigenvalue weighted by atomic mass is 19.1. The maximum absolute atomic E-state index is 15.6. The Morgan fingerprint density at radius 2 is 1.88 bits per heavy atom. The number of hydrogen-bond acceptors (Lipinski definition) is 8. The van der Waals surface area contributed by atoms with Crippen molar-refractivity contribution in [3.63, 3.8) is 0 Å². The van der Waals surface area contributed by atoms with Gasteiger partial charge in [0.1, 0.15) is 23.7 Å². The monoisotopic (exact) mass is 650 g/mol. The molecule has 0 radical (unpaired) electrons. The molecule has 4 aromatic rings. The van der Waals surface area contributed by atoms with Gasteiger partial charge in [-0.3, -0.25) is 29.5 Å². The average Bonchev–Trinajstić information content (AvgIpc) is 3.34. The lowest BCUT2D eigenvalue weighted by molar-refractivity contribution is -0.134. The van der Waals surface area contributed by atoms with Crippen molar-refractivity contribution < 1.29 is 27.9 Å². The van der Waals surface area contributed by atoms with Gasteiger partial charge in [0.05, 0.1) is 23.9 Å². The molecule has 3 aromatic carbocycles. The molecular weight excluding hydrogens is 618 g/mol. The SMILES string of the molecule is COc1cc(C#N)cnc1N1CCN(Cc2ccc(Cc3ccc4c5c(cc(F)cc35)C(=O)N4C3CCC(=O)NC3=O)c(F)c2)C[C@@H]1C. The number of halogens is 2. The van der Waals surface area contributed by atoms with E-state index in [4.69, 9.17) is 4.74 Å². The molecule has 3 aliphatic heterocycles. The van der Waals surface area contributed by atoms with E-state index in [1.807, 2.05) is 6.07 Å². The van der Waals surface area contributed by atoms with Crippen molar-refractivity contribution in [2.24, 2.45) is 0 Å². The van der Waals surface area contributed by atoms with E-state index < -0.39 is 29.6 Å². The Morgan fingerprint density at radius 1 is 1.06 bits per heavy atom. The second-order valence-electron chi connectivity index (χ2n) is 12.5. The van der Waals surface area contributed by atoms with Crippen molar-refractivity contribution in [1.82, 2.24) is 15.2 Å². The van der Waals surface area contributed by atoms with Gasteiger partial charge in [-0.25, -0.2) is 13.8 Å². The number of nitrogens with zero attached hydrogens (tertiary/aromatic N) is 5. The number of ether oxygens (including phenoxy) is 1. The summed E-state index contributed by atoms with van der Waals surface area (Å²) in [6, 6.07) is 14.1. The Hall–Kier alpha value is -5.41. The molecule has 48 heavy (non-hydrogen) atoms. The van der Waals surface area contributed by atoms with Crippen LogP contribution in [0.25, 0.3) is 10.8 Å². The molecule has 1 N–H and O–H groups in total. The molecule has 0 saturated carbocycles. The van der Waals surface area contributed by atoms with E-state index in [0.717, 1.165) is 24.7 Å². The van der Waals surface area contributed by atoms with Crippen molar-refractivity contribution in [2.45, 2.75) is 44.8 Å². The highest BCUT2D eigenvalue weighted by Gasteiger charge is 2.41. The number of nitrogens with one attached hydrogen (secondary N) is 1. The number of imide groups is 1. The first kappa shape index (κ1) is 31.2. The van der Waals surface area contributed by atoms with Crippen LogP contribution in [0.5, 0.6) is 5.75 Å². The fourth-order valence-electron chi connectivity index (χ4n) is 7.14. The van der Waals surface area contributed by atoms with Gasteiger partial charge in [0.2, 0.25) is 11.8 Å².